The maximum atomic E-state index is 15.5. The third-order valence-electron chi connectivity index (χ3n) is 4.59. The molecular formula is C18H16ClF3N2O2. The van der Waals surface area contributed by atoms with Crippen LogP contribution in [-0.4, -0.2) is 16.0 Å². The van der Waals surface area contributed by atoms with Crippen LogP contribution in [-0.2, 0) is 22.6 Å². The number of nitrogens with one attached hydrogen (secondary N) is 1. The minimum Gasteiger partial charge on any atom is -0.384 e. The fourth-order valence-corrected chi connectivity index (χ4v) is 3.37. The van der Waals surface area contributed by atoms with Gasteiger partial charge < -0.3 is 10.4 Å². The van der Waals surface area contributed by atoms with Gasteiger partial charge in [-0.1, -0.05) is 17.7 Å². The summed E-state index contributed by atoms with van der Waals surface area (Å²) in [6.45, 7) is 1.10. The highest BCUT2D eigenvalue weighted by Gasteiger charge is 2.50. The van der Waals surface area contributed by atoms with E-state index in [9.17, 15) is 18.7 Å². The van der Waals surface area contributed by atoms with Crippen molar-refractivity contribution in [1.82, 2.24) is 10.3 Å². The molecule has 0 aliphatic heterocycles. The monoisotopic (exact) mass is 384 g/mol. The summed E-state index contributed by atoms with van der Waals surface area (Å²) < 4.78 is 42.4. The highest BCUT2D eigenvalue weighted by molar-refractivity contribution is 6.31. The van der Waals surface area contributed by atoms with Gasteiger partial charge in [0.25, 0.3) is 5.91 Å². The van der Waals surface area contributed by atoms with E-state index in [2.05, 4.69) is 10.3 Å². The predicted molar refractivity (Wildman–Crippen MR) is 89.0 cm³/mol. The van der Waals surface area contributed by atoms with Crippen LogP contribution in [0.25, 0.3) is 0 Å². The predicted octanol–water partition coefficient (Wildman–Crippen LogP) is 3.50. The molecule has 0 fully saturated rings. The molecule has 0 radical (unpaired) electrons. The van der Waals surface area contributed by atoms with Gasteiger partial charge in [-0.25, -0.2) is 13.2 Å². The standard InChI is InChI=1S/C18H16ClF3N2O2/c1-17(26)4-5-18(22,12-3-2-6-23-15(12)17)16(25)24-9-11-13(19)7-10(20)8-14(11)21/h2-3,6-8,26H,4-5,9H2,1H3,(H,24,25). The smallest absolute Gasteiger partial charge is 0.262 e. The molecule has 1 amide bonds. The number of rotatable bonds is 3. The second-order valence-corrected chi connectivity index (χ2v) is 6.91. The zero-order chi connectivity index (χ0) is 19.1. The number of amides is 1. The zero-order valence-electron chi connectivity index (χ0n) is 13.8. The Morgan fingerprint density at radius 2 is 2.12 bits per heavy atom. The number of fused-ring (bicyclic) bond motifs is 1. The van der Waals surface area contributed by atoms with Crippen molar-refractivity contribution >= 4 is 17.5 Å². The van der Waals surface area contributed by atoms with E-state index in [0.29, 0.717) is 6.07 Å². The summed E-state index contributed by atoms with van der Waals surface area (Å²) in [4.78, 5) is 16.5. The normalized spacial score (nSPS) is 24.8. The summed E-state index contributed by atoms with van der Waals surface area (Å²) in [7, 11) is 0. The van der Waals surface area contributed by atoms with Crippen LogP contribution in [0.4, 0.5) is 13.2 Å². The van der Waals surface area contributed by atoms with Crippen molar-refractivity contribution in [3.05, 3.63) is 63.9 Å². The van der Waals surface area contributed by atoms with E-state index >= 15 is 4.39 Å². The van der Waals surface area contributed by atoms with Gasteiger partial charge in [-0.3, -0.25) is 9.78 Å². The third kappa shape index (κ3) is 3.17. The molecule has 138 valence electrons. The molecule has 1 heterocycles. The summed E-state index contributed by atoms with van der Waals surface area (Å²) in [6.07, 6.45) is 1.14. The van der Waals surface area contributed by atoms with E-state index in [1.807, 2.05) is 0 Å². The molecule has 26 heavy (non-hydrogen) atoms. The van der Waals surface area contributed by atoms with Crippen LogP contribution in [0.3, 0.4) is 0 Å². The molecule has 0 saturated heterocycles. The summed E-state index contributed by atoms with van der Waals surface area (Å²) in [5.41, 5.74) is -3.85. The first-order valence-electron chi connectivity index (χ1n) is 7.94. The van der Waals surface area contributed by atoms with Crippen LogP contribution in [0.1, 0.15) is 36.6 Å². The highest BCUT2D eigenvalue weighted by atomic mass is 35.5. The van der Waals surface area contributed by atoms with Crippen LogP contribution in [0.15, 0.2) is 30.5 Å². The van der Waals surface area contributed by atoms with Crippen LogP contribution in [0, 0.1) is 11.6 Å². The highest BCUT2D eigenvalue weighted by Crippen LogP contribution is 2.45. The lowest BCUT2D eigenvalue weighted by molar-refractivity contribution is -0.136. The molecule has 2 unspecified atom stereocenters. The average molecular weight is 385 g/mol. The molecule has 0 saturated carbocycles. The number of nitrogens with zero attached hydrogens (tertiary/aromatic N) is 1. The quantitative estimate of drug-likeness (QED) is 0.851. The Morgan fingerprint density at radius 3 is 2.81 bits per heavy atom. The number of benzene rings is 1. The second kappa shape index (κ2) is 6.55. The Bertz CT molecular complexity index is 852. The lowest BCUT2D eigenvalue weighted by atomic mass is 9.75. The van der Waals surface area contributed by atoms with E-state index in [0.717, 1.165) is 6.07 Å². The first-order valence-corrected chi connectivity index (χ1v) is 8.32. The van der Waals surface area contributed by atoms with Crippen molar-refractivity contribution in [1.29, 1.82) is 0 Å². The van der Waals surface area contributed by atoms with Crippen molar-refractivity contribution in [3.63, 3.8) is 0 Å². The fourth-order valence-electron chi connectivity index (χ4n) is 3.11. The number of aliphatic hydroxyl groups is 1. The first-order chi connectivity index (χ1) is 12.1. The summed E-state index contributed by atoms with van der Waals surface area (Å²) in [5.74, 6) is -2.78. The van der Waals surface area contributed by atoms with E-state index < -0.39 is 35.4 Å². The molecule has 1 aromatic heterocycles. The maximum absolute atomic E-state index is 15.5. The van der Waals surface area contributed by atoms with Gasteiger partial charge in [0.15, 0.2) is 0 Å². The molecular weight excluding hydrogens is 369 g/mol. The maximum Gasteiger partial charge on any atom is 0.262 e. The Balaban J connectivity index is 1.87. The number of alkyl halides is 1. The second-order valence-electron chi connectivity index (χ2n) is 6.51. The Kier molecular flexibility index (Phi) is 4.71. The minimum absolute atomic E-state index is 0.00734. The average Bonchev–Trinajstić information content (AvgIpc) is 2.58. The number of carbonyl (C=O) groups is 1. The molecule has 4 nitrogen and oxygen atoms in total. The number of hydrogen-bond acceptors (Lipinski definition) is 3. The summed E-state index contributed by atoms with van der Waals surface area (Å²) >= 11 is 5.79. The summed E-state index contributed by atoms with van der Waals surface area (Å²) in [5, 5.41) is 12.5. The molecule has 0 spiro atoms. The van der Waals surface area contributed by atoms with E-state index in [1.54, 1.807) is 0 Å². The number of carbonyl (C=O) groups excluding carboxylic acids is 1. The molecule has 2 aromatic rings. The van der Waals surface area contributed by atoms with Crippen LogP contribution < -0.4 is 5.32 Å². The minimum atomic E-state index is -2.42. The van der Waals surface area contributed by atoms with Crippen molar-refractivity contribution in [2.45, 2.75) is 37.6 Å². The van der Waals surface area contributed by atoms with E-state index in [1.165, 1.54) is 25.3 Å². The lowest BCUT2D eigenvalue weighted by Gasteiger charge is -2.37. The summed E-state index contributed by atoms with van der Waals surface area (Å²) in [6, 6.07) is 4.41. The molecule has 8 heteroatoms. The van der Waals surface area contributed by atoms with Gasteiger partial charge in [0, 0.05) is 29.9 Å². The first kappa shape index (κ1) is 18.7. The van der Waals surface area contributed by atoms with Gasteiger partial charge in [-0.15, -0.1) is 0 Å². The molecule has 2 atom stereocenters. The van der Waals surface area contributed by atoms with Crippen molar-refractivity contribution in [3.8, 4) is 0 Å². The number of halogens is 4. The number of pyridine rings is 1. The van der Waals surface area contributed by atoms with Gasteiger partial charge in [0.2, 0.25) is 5.67 Å². The molecule has 1 aromatic carbocycles. The topological polar surface area (TPSA) is 62.2 Å². The van der Waals surface area contributed by atoms with Gasteiger partial charge in [-0.2, -0.15) is 0 Å². The molecule has 3 rings (SSSR count). The molecule has 1 aliphatic carbocycles. The fraction of sp³-hybridized carbons (Fsp3) is 0.333. The van der Waals surface area contributed by atoms with Crippen LogP contribution >= 0.6 is 11.6 Å². The third-order valence-corrected chi connectivity index (χ3v) is 4.93. The van der Waals surface area contributed by atoms with Gasteiger partial charge in [0.1, 0.15) is 17.2 Å². The number of aromatic nitrogens is 1. The molecule has 1 aliphatic rings. The van der Waals surface area contributed by atoms with Crippen molar-refractivity contribution in [2.75, 3.05) is 0 Å². The lowest BCUT2D eigenvalue weighted by Crippen LogP contribution is -2.47. The van der Waals surface area contributed by atoms with Crippen LogP contribution in [0.5, 0.6) is 0 Å². The largest absolute Gasteiger partial charge is 0.384 e. The van der Waals surface area contributed by atoms with Crippen molar-refractivity contribution in [2.24, 2.45) is 0 Å². The van der Waals surface area contributed by atoms with Gasteiger partial charge >= 0.3 is 0 Å². The zero-order valence-corrected chi connectivity index (χ0v) is 14.6. The van der Waals surface area contributed by atoms with Crippen molar-refractivity contribution < 1.29 is 23.1 Å². The number of hydrogen-bond donors (Lipinski definition) is 2. The Morgan fingerprint density at radius 1 is 1.38 bits per heavy atom. The Hall–Kier alpha value is -2.12. The van der Waals surface area contributed by atoms with E-state index in [-0.39, 0.29) is 34.7 Å². The molecule has 2 N–H and O–H groups in total. The molecule has 0 bridgehead atoms. The van der Waals surface area contributed by atoms with E-state index in [4.69, 9.17) is 11.6 Å². The Labute approximate surface area is 153 Å². The van der Waals surface area contributed by atoms with Gasteiger partial charge in [-0.05, 0) is 31.9 Å². The SMILES string of the molecule is CC1(O)CCC(F)(C(=O)NCc2c(F)cc(F)cc2Cl)c2cccnc21. The van der Waals surface area contributed by atoms with Gasteiger partial charge in [0.05, 0.1) is 10.7 Å². The van der Waals surface area contributed by atoms with Crippen LogP contribution in [0.2, 0.25) is 5.02 Å².